The number of hydrogen-bond donors (Lipinski definition) is 2. The van der Waals surface area contributed by atoms with Gasteiger partial charge in [-0.25, -0.2) is 4.98 Å². The first-order valence-corrected chi connectivity index (χ1v) is 6.09. The molecular weight excluding hydrogens is 248 g/mol. The fourth-order valence-corrected chi connectivity index (χ4v) is 2.96. The predicted octanol–water partition coefficient (Wildman–Crippen LogP) is 1.77. The molecule has 0 saturated heterocycles. The first-order valence-electron chi connectivity index (χ1n) is 5.28. The molecule has 18 heavy (non-hydrogen) atoms. The van der Waals surface area contributed by atoms with E-state index in [0.29, 0.717) is 11.4 Å². The number of primary amides is 1. The maximum atomic E-state index is 11.4. The van der Waals surface area contributed by atoms with Crippen LogP contribution in [-0.4, -0.2) is 15.5 Å². The Labute approximate surface area is 107 Å². The van der Waals surface area contributed by atoms with Crippen LogP contribution in [0.5, 0.6) is 0 Å². The number of amides is 1. The minimum atomic E-state index is -0.492. The van der Waals surface area contributed by atoms with Gasteiger partial charge < -0.3 is 16.0 Å². The minimum absolute atomic E-state index is 0.405. The van der Waals surface area contributed by atoms with Crippen molar-refractivity contribution in [1.82, 2.24) is 9.55 Å². The van der Waals surface area contributed by atoms with Crippen LogP contribution in [0.25, 0.3) is 15.1 Å². The summed E-state index contributed by atoms with van der Waals surface area (Å²) in [6.45, 7) is 0. The van der Waals surface area contributed by atoms with Crippen LogP contribution < -0.4 is 11.5 Å². The van der Waals surface area contributed by atoms with Crippen LogP contribution in [0.1, 0.15) is 10.4 Å². The highest BCUT2D eigenvalue weighted by Crippen LogP contribution is 2.33. The van der Waals surface area contributed by atoms with Gasteiger partial charge in [-0.3, -0.25) is 4.79 Å². The summed E-state index contributed by atoms with van der Waals surface area (Å²) in [6, 6.07) is 5.77. The van der Waals surface area contributed by atoms with Crippen molar-refractivity contribution in [2.24, 2.45) is 5.73 Å². The van der Waals surface area contributed by atoms with Crippen molar-refractivity contribution in [2.75, 3.05) is 5.73 Å². The van der Waals surface area contributed by atoms with E-state index in [9.17, 15) is 4.79 Å². The molecule has 0 spiro atoms. The second kappa shape index (κ2) is 3.85. The fraction of sp³-hybridized carbons (Fsp3) is 0. The van der Waals surface area contributed by atoms with Gasteiger partial charge in [-0.2, -0.15) is 0 Å². The lowest BCUT2D eigenvalue weighted by Gasteiger charge is -1.98. The molecule has 90 valence electrons. The molecule has 0 aliphatic rings. The minimum Gasteiger partial charge on any atom is -0.383 e. The van der Waals surface area contributed by atoms with Crippen LogP contribution >= 0.6 is 11.3 Å². The van der Waals surface area contributed by atoms with E-state index in [1.807, 2.05) is 35.2 Å². The number of carbonyl (C=O) groups is 1. The van der Waals surface area contributed by atoms with Crippen molar-refractivity contribution in [3.63, 3.8) is 0 Å². The van der Waals surface area contributed by atoms with Gasteiger partial charge >= 0.3 is 0 Å². The second-order valence-corrected chi connectivity index (χ2v) is 4.87. The molecule has 3 aromatic heterocycles. The lowest BCUT2D eigenvalue weighted by molar-refractivity contribution is 0.100. The lowest BCUT2D eigenvalue weighted by Crippen LogP contribution is -2.11. The van der Waals surface area contributed by atoms with Crippen molar-refractivity contribution in [2.45, 2.75) is 0 Å². The summed E-state index contributed by atoms with van der Waals surface area (Å²) in [5.74, 6) is -0.0851. The number of carbonyl (C=O) groups excluding carboxylic acids is 1. The zero-order chi connectivity index (χ0) is 12.7. The van der Waals surface area contributed by atoms with Gasteiger partial charge in [0.05, 0.1) is 10.3 Å². The third kappa shape index (κ3) is 1.54. The number of rotatable bonds is 2. The normalized spacial score (nSPS) is 10.9. The zero-order valence-corrected chi connectivity index (χ0v) is 10.1. The lowest BCUT2D eigenvalue weighted by atomic mass is 10.2. The summed E-state index contributed by atoms with van der Waals surface area (Å²) in [5, 5.41) is 1.73. The van der Waals surface area contributed by atoms with E-state index in [1.54, 1.807) is 0 Å². The monoisotopic (exact) mass is 258 g/mol. The number of fused-ring (bicyclic) bond motifs is 1. The average molecular weight is 258 g/mol. The number of nitrogens with zero attached hydrogens (tertiary/aromatic N) is 2. The van der Waals surface area contributed by atoms with Gasteiger partial charge in [-0.05, 0) is 18.2 Å². The molecule has 0 atom stereocenters. The summed E-state index contributed by atoms with van der Waals surface area (Å²) < 4.78 is 2.73. The molecule has 0 aromatic carbocycles. The summed E-state index contributed by atoms with van der Waals surface area (Å²) in [7, 11) is 0. The summed E-state index contributed by atoms with van der Waals surface area (Å²) in [4.78, 5) is 15.4. The summed E-state index contributed by atoms with van der Waals surface area (Å²) >= 11 is 1.47. The average Bonchev–Trinajstić information content (AvgIpc) is 2.97. The second-order valence-electron chi connectivity index (χ2n) is 3.84. The topological polar surface area (TPSA) is 86.9 Å². The van der Waals surface area contributed by atoms with Crippen molar-refractivity contribution >= 4 is 33.1 Å². The number of nitrogen functional groups attached to an aromatic ring is 1. The zero-order valence-electron chi connectivity index (χ0n) is 9.33. The third-order valence-electron chi connectivity index (χ3n) is 2.70. The Morgan fingerprint density at radius 3 is 2.72 bits per heavy atom. The molecule has 5 nitrogen and oxygen atoms in total. The molecule has 0 radical (unpaired) electrons. The van der Waals surface area contributed by atoms with E-state index in [2.05, 4.69) is 4.98 Å². The standard InChI is InChI=1S/C12H10N4OS/c13-11-7-5-9(16-3-1-2-4-16)18-10(7)8(6-15-11)12(14)17/h1-6H,(H2,13,15)(H2,14,17). The molecule has 3 aromatic rings. The van der Waals surface area contributed by atoms with Crippen LogP contribution in [-0.2, 0) is 0 Å². The molecular formula is C12H10N4OS. The maximum Gasteiger partial charge on any atom is 0.251 e. The van der Waals surface area contributed by atoms with Crippen LogP contribution in [0.2, 0.25) is 0 Å². The van der Waals surface area contributed by atoms with E-state index in [4.69, 9.17) is 11.5 Å². The Morgan fingerprint density at radius 2 is 2.06 bits per heavy atom. The predicted molar refractivity (Wildman–Crippen MR) is 71.9 cm³/mol. The van der Waals surface area contributed by atoms with Gasteiger partial charge in [0.2, 0.25) is 0 Å². The number of nitrogens with two attached hydrogens (primary N) is 2. The van der Waals surface area contributed by atoms with E-state index in [0.717, 1.165) is 15.1 Å². The molecule has 0 aliphatic heterocycles. The molecule has 0 unspecified atom stereocenters. The summed E-state index contributed by atoms with van der Waals surface area (Å²) in [6.07, 6.45) is 5.28. The van der Waals surface area contributed by atoms with Gasteiger partial charge in [0.15, 0.2) is 0 Å². The molecule has 0 fully saturated rings. The number of hydrogen-bond acceptors (Lipinski definition) is 4. The van der Waals surface area contributed by atoms with Crippen molar-refractivity contribution in [1.29, 1.82) is 0 Å². The maximum absolute atomic E-state index is 11.4. The smallest absolute Gasteiger partial charge is 0.251 e. The Hall–Kier alpha value is -2.34. The molecule has 0 saturated carbocycles. The summed E-state index contributed by atoms with van der Waals surface area (Å²) in [5.41, 5.74) is 11.6. The fourth-order valence-electron chi connectivity index (χ4n) is 1.81. The highest BCUT2D eigenvalue weighted by Gasteiger charge is 2.14. The highest BCUT2D eigenvalue weighted by atomic mass is 32.1. The van der Waals surface area contributed by atoms with Crippen LogP contribution in [0.15, 0.2) is 36.8 Å². The van der Waals surface area contributed by atoms with Crippen molar-refractivity contribution in [3.05, 3.63) is 42.4 Å². The van der Waals surface area contributed by atoms with Crippen molar-refractivity contribution < 1.29 is 4.79 Å². The number of anilines is 1. The largest absolute Gasteiger partial charge is 0.383 e. The highest BCUT2D eigenvalue weighted by molar-refractivity contribution is 7.21. The third-order valence-corrected chi connectivity index (χ3v) is 3.88. The Kier molecular flexibility index (Phi) is 2.31. The van der Waals surface area contributed by atoms with Crippen LogP contribution in [0, 0.1) is 0 Å². The Morgan fingerprint density at radius 1 is 1.33 bits per heavy atom. The molecule has 0 aliphatic carbocycles. The Balaban J connectivity index is 2.31. The quantitative estimate of drug-likeness (QED) is 0.734. The van der Waals surface area contributed by atoms with Crippen LogP contribution in [0.4, 0.5) is 5.82 Å². The van der Waals surface area contributed by atoms with Gasteiger partial charge in [0.25, 0.3) is 5.91 Å². The van der Waals surface area contributed by atoms with Gasteiger partial charge in [-0.15, -0.1) is 11.3 Å². The molecule has 1 amide bonds. The van der Waals surface area contributed by atoms with Crippen molar-refractivity contribution in [3.8, 4) is 5.00 Å². The molecule has 0 bridgehead atoms. The SMILES string of the molecule is NC(=O)c1cnc(N)c2cc(-n3cccc3)sc12. The molecule has 3 heterocycles. The van der Waals surface area contributed by atoms with Gasteiger partial charge in [0, 0.05) is 24.0 Å². The van der Waals surface area contributed by atoms with Gasteiger partial charge in [0.1, 0.15) is 10.8 Å². The first kappa shape index (κ1) is 10.8. The number of thiophene rings is 1. The molecule has 3 rings (SSSR count). The number of aromatic nitrogens is 2. The molecule has 6 heteroatoms. The van der Waals surface area contributed by atoms with E-state index < -0.39 is 5.91 Å². The van der Waals surface area contributed by atoms with Gasteiger partial charge in [-0.1, -0.05) is 0 Å². The van der Waals surface area contributed by atoms with Crippen LogP contribution in [0.3, 0.4) is 0 Å². The Bertz CT molecular complexity index is 730. The molecule has 4 N–H and O–H groups in total. The van der Waals surface area contributed by atoms with E-state index >= 15 is 0 Å². The van der Waals surface area contributed by atoms with E-state index in [1.165, 1.54) is 17.5 Å². The first-order chi connectivity index (χ1) is 8.66. The van der Waals surface area contributed by atoms with E-state index in [-0.39, 0.29) is 0 Å². The number of pyridine rings is 1.